The smallest absolute Gasteiger partial charge is 0.127 e. The van der Waals surface area contributed by atoms with Crippen LogP contribution in [0.25, 0.3) is 11.1 Å². The number of ether oxygens (including phenoxy) is 1. The highest BCUT2D eigenvalue weighted by atomic mass is 16.5. The summed E-state index contributed by atoms with van der Waals surface area (Å²) in [7, 11) is 0. The molecule has 0 unspecified atom stereocenters. The molecule has 0 aliphatic carbocycles. The number of hydrogen-bond acceptors (Lipinski definition) is 1. The summed E-state index contributed by atoms with van der Waals surface area (Å²) in [6.07, 6.45) is 1.44. The molecule has 0 atom stereocenters. The molecule has 0 aliphatic rings. The highest BCUT2D eigenvalue weighted by Crippen LogP contribution is 2.24. The van der Waals surface area contributed by atoms with Crippen molar-refractivity contribution in [3.05, 3.63) is 66.9 Å². The number of benzene rings is 2. The van der Waals surface area contributed by atoms with Gasteiger partial charge in [-0.15, -0.1) is 0 Å². The molecule has 0 bridgehead atoms. The van der Waals surface area contributed by atoms with Gasteiger partial charge in [0.1, 0.15) is 5.75 Å². The summed E-state index contributed by atoms with van der Waals surface area (Å²) in [5.41, 5.74) is 3.61. The Morgan fingerprint density at radius 3 is 2.44 bits per heavy atom. The summed E-state index contributed by atoms with van der Waals surface area (Å²) in [6, 6.07) is 16.4. The van der Waals surface area contributed by atoms with Crippen LogP contribution in [0, 0.1) is 6.92 Å². The van der Waals surface area contributed by atoms with Crippen LogP contribution in [0.1, 0.15) is 5.56 Å². The Balaban J connectivity index is 2.36. The molecular weight excluding hydrogens is 196 g/mol. The summed E-state index contributed by atoms with van der Waals surface area (Å²) >= 11 is 0. The fourth-order valence-corrected chi connectivity index (χ4v) is 1.59. The van der Waals surface area contributed by atoms with E-state index in [-0.39, 0.29) is 0 Å². The van der Waals surface area contributed by atoms with E-state index in [4.69, 9.17) is 4.74 Å². The van der Waals surface area contributed by atoms with Crippen molar-refractivity contribution >= 4 is 0 Å². The van der Waals surface area contributed by atoms with Gasteiger partial charge in [0.25, 0.3) is 0 Å². The number of aryl methyl sites for hydroxylation is 1. The highest BCUT2D eigenvalue weighted by molar-refractivity contribution is 5.65. The van der Waals surface area contributed by atoms with E-state index in [1.165, 1.54) is 17.4 Å². The Morgan fingerprint density at radius 2 is 1.75 bits per heavy atom. The van der Waals surface area contributed by atoms with Gasteiger partial charge in [-0.25, -0.2) is 0 Å². The fraction of sp³-hybridized carbons (Fsp3) is 0.0667. The van der Waals surface area contributed by atoms with Crippen molar-refractivity contribution in [2.75, 3.05) is 0 Å². The molecule has 2 rings (SSSR count). The van der Waals surface area contributed by atoms with Gasteiger partial charge in [-0.1, -0.05) is 48.5 Å². The Morgan fingerprint density at radius 1 is 1.00 bits per heavy atom. The molecule has 0 fully saturated rings. The zero-order chi connectivity index (χ0) is 11.4. The molecule has 16 heavy (non-hydrogen) atoms. The second-order valence-electron chi connectivity index (χ2n) is 3.68. The molecule has 0 N–H and O–H groups in total. The SMILES string of the molecule is C=COc1cccc(-c2ccc(C)cc2)c1. The number of hydrogen-bond donors (Lipinski definition) is 0. The standard InChI is InChI=1S/C15H14O/c1-3-16-15-6-4-5-14(11-15)13-9-7-12(2)8-10-13/h3-11H,1H2,2H3. The van der Waals surface area contributed by atoms with Gasteiger partial charge in [-0.05, 0) is 30.2 Å². The molecule has 2 aromatic rings. The summed E-state index contributed by atoms with van der Waals surface area (Å²) in [5.74, 6) is 0.813. The maximum absolute atomic E-state index is 5.26. The van der Waals surface area contributed by atoms with Crippen LogP contribution in [0.5, 0.6) is 5.75 Å². The Hall–Kier alpha value is -2.02. The summed E-state index contributed by atoms with van der Waals surface area (Å²) in [5, 5.41) is 0. The van der Waals surface area contributed by atoms with Crippen molar-refractivity contribution in [2.45, 2.75) is 6.92 Å². The van der Waals surface area contributed by atoms with Crippen molar-refractivity contribution in [1.82, 2.24) is 0 Å². The molecule has 0 saturated carbocycles. The van der Waals surface area contributed by atoms with E-state index < -0.39 is 0 Å². The van der Waals surface area contributed by atoms with Gasteiger partial charge in [-0.3, -0.25) is 0 Å². The van der Waals surface area contributed by atoms with Gasteiger partial charge in [-0.2, -0.15) is 0 Å². The van der Waals surface area contributed by atoms with Gasteiger partial charge in [0.05, 0.1) is 6.26 Å². The molecule has 80 valence electrons. The molecule has 0 saturated heterocycles. The highest BCUT2D eigenvalue weighted by Gasteiger charge is 1.98. The molecule has 0 radical (unpaired) electrons. The molecular formula is C15H14O. The van der Waals surface area contributed by atoms with Gasteiger partial charge in [0, 0.05) is 0 Å². The van der Waals surface area contributed by atoms with E-state index >= 15 is 0 Å². The van der Waals surface area contributed by atoms with E-state index in [1.54, 1.807) is 0 Å². The second-order valence-corrected chi connectivity index (χ2v) is 3.68. The normalized spacial score (nSPS) is 9.81. The van der Waals surface area contributed by atoms with Crippen molar-refractivity contribution in [3.8, 4) is 16.9 Å². The lowest BCUT2D eigenvalue weighted by molar-refractivity contribution is 0.483. The Labute approximate surface area is 96.0 Å². The van der Waals surface area contributed by atoms with E-state index in [2.05, 4.69) is 43.8 Å². The Kier molecular flexibility index (Phi) is 3.06. The van der Waals surface area contributed by atoms with Gasteiger partial charge in [0.2, 0.25) is 0 Å². The minimum atomic E-state index is 0.813. The number of rotatable bonds is 3. The van der Waals surface area contributed by atoms with Crippen molar-refractivity contribution in [3.63, 3.8) is 0 Å². The summed E-state index contributed by atoms with van der Waals surface area (Å²) in [4.78, 5) is 0. The topological polar surface area (TPSA) is 9.23 Å². The maximum Gasteiger partial charge on any atom is 0.127 e. The predicted octanol–water partition coefficient (Wildman–Crippen LogP) is 4.18. The van der Waals surface area contributed by atoms with E-state index in [0.29, 0.717) is 0 Å². The third-order valence-electron chi connectivity index (χ3n) is 2.44. The molecule has 0 spiro atoms. The lowest BCUT2D eigenvalue weighted by Crippen LogP contribution is -1.82. The molecule has 0 aromatic heterocycles. The monoisotopic (exact) mass is 210 g/mol. The molecule has 1 heteroatoms. The third kappa shape index (κ3) is 2.31. The van der Waals surface area contributed by atoms with Gasteiger partial charge < -0.3 is 4.74 Å². The first-order chi connectivity index (χ1) is 7.79. The molecule has 1 nitrogen and oxygen atoms in total. The second kappa shape index (κ2) is 4.67. The zero-order valence-electron chi connectivity index (χ0n) is 9.31. The molecule has 0 amide bonds. The first kappa shape index (κ1) is 10.5. The van der Waals surface area contributed by atoms with Crippen molar-refractivity contribution in [1.29, 1.82) is 0 Å². The van der Waals surface area contributed by atoms with Crippen LogP contribution in [0.4, 0.5) is 0 Å². The largest absolute Gasteiger partial charge is 0.466 e. The molecule has 2 aromatic carbocycles. The van der Waals surface area contributed by atoms with Crippen LogP contribution in [-0.4, -0.2) is 0 Å². The van der Waals surface area contributed by atoms with Crippen LogP contribution < -0.4 is 4.74 Å². The predicted molar refractivity (Wildman–Crippen MR) is 67.4 cm³/mol. The van der Waals surface area contributed by atoms with Crippen molar-refractivity contribution < 1.29 is 4.74 Å². The van der Waals surface area contributed by atoms with Crippen LogP contribution in [0.2, 0.25) is 0 Å². The van der Waals surface area contributed by atoms with E-state index in [0.717, 1.165) is 11.3 Å². The lowest BCUT2D eigenvalue weighted by Gasteiger charge is -2.05. The summed E-state index contributed by atoms with van der Waals surface area (Å²) in [6.45, 7) is 5.63. The van der Waals surface area contributed by atoms with Crippen LogP contribution in [0.3, 0.4) is 0 Å². The lowest BCUT2D eigenvalue weighted by atomic mass is 10.0. The van der Waals surface area contributed by atoms with Crippen LogP contribution >= 0.6 is 0 Å². The zero-order valence-corrected chi connectivity index (χ0v) is 9.31. The summed E-state index contributed by atoms with van der Waals surface area (Å²) < 4.78 is 5.26. The molecule has 0 aliphatic heterocycles. The first-order valence-corrected chi connectivity index (χ1v) is 5.24. The first-order valence-electron chi connectivity index (χ1n) is 5.24. The van der Waals surface area contributed by atoms with Gasteiger partial charge in [0.15, 0.2) is 0 Å². The van der Waals surface area contributed by atoms with Crippen LogP contribution in [0.15, 0.2) is 61.4 Å². The quantitative estimate of drug-likeness (QED) is 0.690. The van der Waals surface area contributed by atoms with E-state index in [1.807, 2.05) is 18.2 Å². The minimum Gasteiger partial charge on any atom is -0.466 e. The average Bonchev–Trinajstić information content (AvgIpc) is 2.31. The molecule has 0 heterocycles. The average molecular weight is 210 g/mol. The Bertz CT molecular complexity index is 483. The third-order valence-corrected chi connectivity index (χ3v) is 2.44. The minimum absolute atomic E-state index is 0.813. The van der Waals surface area contributed by atoms with Crippen LogP contribution in [-0.2, 0) is 0 Å². The maximum atomic E-state index is 5.26. The fourth-order valence-electron chi connectivity index (χ4n) is 1.59. The van der Waals surface area contributed by atoms with Crippen molar-refractivity contribution in [2.24, 2.45) is 0 Å². The van der Waals surface area contributed by atoms with Gasteiger partial charge >= 0.3 is 0 Å². The van der Waals surface area contributed by atoms with E-state index in [9.17, 15) is 0 Å².